The SMILES string of the molecule is C=C1CC[C@H](OCCCNC(=O)C(C)(C)CCOC(C)(C)CC(=O)ON2C(=O)CCC2=O)C/C1=C/C=C1\CCC[C@]2(C)C([C@H](C)CCCC(C)(C)O)CC[C@@H]12. The molecule has 2 N–H and O–H groups in total. The molecule has 0 aromatic carbocycles. The number of amides is 3. The normalized spacial score (nSPS) is 27.2. The summed E-state index contributed by atoms with van der Waals surface area (Å²) in [7, 11) is 0. The van der Waals surface area contributed by atoms with E-state index in [9.17, 15) is 24.3 Å². The summed E-state index contributed by atoms with van der Waals surface area (Å²) >= 11 is 0. The number of imide groups is 1. The zero-order valence-corrected chi connectivity index (χ0v) is 35.4. The number of hydrogen-bond donors (Lipinski definition) is 2. The van der Waals surface area contributed by atoms with E-state index < -0.39 is 34.4 Å². The first kappa shape index (κ1) is 44.9. The molecular weight excluding hydrogens is 697 g/mol. The van der Waals surface area contributed by atoms with E-state index in [1.807, 2.05) is 27.7 Å². The quantitative estimate of drug-likeness (QED) is 0.0989. The zero-order chi connectivity index (χ0) is 40.6. The first-order valence-corrected chi connectivity index (χ1v) is 21.1. The Kier molecular flexibility index (Phi) is 15.6. The van der Waals surface area contributed by atoms with Crippen LogP contribution in [0.1, 0.15) is 158 Å². The molecule has 1 heterocycles. The second kappa shape index (κ2) is 19.1. The van der Waals surface area contributed by atoms with Crippen LogP contribution in [0, 0.1) is 28.6 Å². The van der Waals surface area contributed by atoms with Gasteiger partial charge >= 0.3 is 5.97 Å². The Labute approximate surface area is 331 Å². The second-order valence-corrected chi connectivity index (χ2v) is 19.1. The maximum Gasteiger partial charge on any atom is 0.336 e. The molecule has 5 atom stereocenters. The van der Waals surface area contributed by atoms with Crippen LogP contribution in [0.4, 0.5) is 0 Å². The molecule has 310 valence electrons. The number of allylic oxidation sites excluding steroid dienone is 4. The van der Waals surface area contributed by atoms with Gasteiger partial charge in [-0.15, -0.1) is 5.06 Å². The van der Waals surface area contributed by atoms with Crippen molar-refractivity contribution in [1.29, 1.82) is 0 Å². The molecular formula is C45H72N2O8. The number of fused-ring (bicyclic) bond motifs is 1. The van der Waals surface area contributed by atoms with Crippen LogP contribution in [0.3, 0.4) is 0 Å². The highest BCUT2D eigenvalue weighted by Gasteiger charge is 2.50. The lowest BCUT2D eigenvalue weighted by atomic mass is 9.60. The number of nitrogens with one attached hydrogen (secondary N) is 1. The Bertz CT molecular complexity index is 1440. The van der Waals surface area contributed by atoms with Crippen molar-refractivity contribution in [2.24, 2.45) is 28.6 Å². The van der Waals surface area contributed by atoms with Gasteiger partial charge in [0.15, 0.2) is 0 Å². The van der Waals surface area contributed by atoms with Crippen LogP contribution in [0.5, 0.6) is 0 Å². The zero-order valence-electron chi connectivity index (χ0n) is 35.4. The first-order chi connectivity index (χ1) is 25.7. The fourth-order valence-electron chi connectivity index (χ4n) is 9.45. The Morgan fingerprint density at radius 3 is 2.38 bits per heavy atom. The van der Waals surface area contributed by atoms with Gasteiger partial charge in [0.2, 0.25) is 5.91 Å². The molecule has 0 radical (unpaired) electrons. The van der Waals surface area contributed by atoms with Gasteiger partial charge in [0.1, 0.15) is 0 Å². The van der Waals surface area contributed by atoms with Gasteiger partial charge in [-0.3, -0.25) is 14.4 Å². The summed E-state index contributed by atoms with van der Waals surface area (Å²) in [4.78, 5) is 53.8. The predicted molar refractivity (Wildman–Crippen MR) is 214 cm³/mol. The lowest BCUT2D eigenvalue weighted by Crippen LogP contribution is -2.40. The van der Waals surface area contributed by atoms with E-state index in [2.05, 4.69) is 37.9 Å². The lowest BCUT2D eigenvalue weighted by molar-refractivity contribution is -0.201. The molecule has 10 heteroatoms. The monoisotopic (exact) mass is 769 g/mol. The van der Waals surface area contributed by atoms with E-state index in [0.29, 0.717) is 48.3 Å². The summed E-state index contributed by atoms with van der Waals surface area (Å²) in [5.41, 5.74) is 2.34. The largest absolute Gasteiger partial charge is 0.390 e. The smallest absolute Gasteiger partial charge is 0.336 e. The minimum atomic E-state index is -0.903. The fraction of sp³-hybridized carbons (Fsp3) is 0.778. The summed E-state index contributed by atoms with van der Waals surface area (Å²) in [6.07, 6.45) is 18.3. The molecule has 55 heavy (non-hydrogen) atoms. The van der Waals surface area contributed by atoms with Crippen molar-refractivity contribution in [2.75, 3.05) is 19.8 Å². The number of nitrogens with zero attached hydrogens (tertiary/aromatic N) is 1. The highest BCUT2D eigenvalue weighted by molar-refractivity contribution is 6.01. The number of ether oxygens (including phenoxy) is 2. The number of aliphatic hydroxyl groups is 1. The maximum absolute atomic E-state index is 13.0. The Balaban J connectivity index is 1.16. The standard InChI is InChI=1S/C45H72N2O8/c1-31-15-18-35(29-34(31)17-16-33-14-11-24-45(9)36(19-20-37(33)45)32(2)13-10-23-43(5,6)52)53-27-12-26-46-41(51)42(3,4)25-28-54-44(7,8)30-40(50)55-47-38(48)21-22-39(47)49/h16-17,32,35-37,52H,1,10-15,18-30H2,2-9H3,(H,46,51)/b33-16+,34-17-/t32-,35+,36?,37+,45-/m1/s1. The van der Waals surface area contributed by atoms with Crippen LogP contribution in [0.2, 0.25) is 0 Å². The third kappa shape index (κ3) is 12.8. The number of rotatable bonds is 19. The number of hydroxylamine groups is 2. The fourth-order valence-corrected chi connectivity index (χ4v) is 9.45. The van der Waals surface area contributed by atoms with Crippen LogP contribution >= 0.6 is 0 Å². The van der Waals surface area contributed by atoms with Crippen LogP contribution in [-0.4, -0.2) is 70.9 Å². The molecule has 1 aliphatic heterocycles. The third-order valence-electron chi connectivity index (χ3n) is 12.9. The number of hydrogen-bond acceptors (Lipinski definition) is 8. The summed E-state index contributed by atoms with van der Waals surface area (Å²) in [5.74, 6) is 0.249. The van der Waals surface area contributed by atoms with E-state index in [-0.39, 0.29) is 37.9 Å². The van der Waals surface area contributed by atoms with E-state index in [1.54, 1.807) is 19.4 Å². The molecule has 10 nitrogen and oxygen atoms in total. The van der Waals surface area contributed by atoms with Gasteiger partial charge in [-0.25, -0.2) is 4.79 Å². The summed E-state index contributed by atoms with van der Waals surface area (Å²) in [6, 6.07) is 0. The minimum Gasteiger partial charge on any atom is -0.390 e. The van der Waals surface area contributed by atoms with Gasteiger partial charge in [0, 0.05) is 38.0 Å². The molecule has 0 aromatic heterocycles. The van der Waals surface area contributed by atoms with Gasteiger partial charge in [-0.1, -0.05) is 70.4 Å². The van der Waals surface area contributed by atoms with Crippen LogP contribution in [0.25, 0.3) is 0 Å². The van der Waals surface area contributed by atoms with E-state index in [1.165, 1.54) is 49.7 Å². The molecule has 4 rings (SSSR count). The van der Waals surface area contributed by atoms with Crippen molar-refractivity contribution < 1.29 is 38.6 Å². The summed E-state index contributed by atoms with van der Waals surface area (Å²) in [6.45, 7) is 21.8. The van der Waals surface area contributed by atoms with E-state index >= 15 is 0 Å². The Morgan fingerprint density at radius 2 is 1.69 bits per heavy atom. The Morgan fingerprint density at radius 1 is 0.982 bits per heavy atom. The molecule has 3 amide bonds. The minimum absolute atomic E-state index is 0.0406. The van der Waals surface area contributed by atoms with Gasteiger partial charge in [0.05, 0.1) is 23.7 Å². The molecule has 3 saturated carbocycles. The molecule has 4 aliphatic rings. The van der Waals surface area contributed by atoms with Gasteiger partial charge < -0.3 is 24.7 Å². The molecule has 3 aliphatic carbocycles. The third-order valence-corrected chi connectivity index (χ3v) is 12.9. The van der Waals surface area contributed by atoms with Crippen molar-refractivity contribution in [3.05, 3.63) is 35.5 Å². The van der Waals surface area contributed by atoms with Crippen molar-refractivity contribution in [3.8, 4) is 0 Å². The Hall–Kier alpha value is -2.82. The summed E-state index contributed by atoms with van der Waals surface area (Å²) < 4.78 is 12.2. The molecule has 0 bridgehead atoms. The van der Waals surface area contributed by atoms with E-state index in [0.717, 1.165) is 38.0 Å². The second-order valence-electron chi connectivity index (χ2n) is 19.1. The average Bonchev–Trinajstić information content (AvgIpc) is 3.61. The van der Waals surface area contributed by atoms with Gasteiger partial charge in [-0.2, -0.15) is 0 Å². The highest BCUT2D eigenvalue weighted by Crippen LogP contribution is 2.60. The van der Waals surface area contributed by atoms with E-state index in [4.69, 9.17) is 14.3 Å². The van der Waals surface area contributed by atoms with Crippen molar-refractivity contribution in [1.82, 2.24) is 10.4 Å². The molecule has 0 spiro atoms. The molecule has 1 unspecified atom stereocenters. The van der Waals surface area contributed by atoms with Crippen LogP contribution in [-0.2, 0) is 33.5 Å². The average molecular weight is 769 g/mol. The molecule has 1 saturated heterocycles. The van der Waals surface area contributed by atoms with Gasteiger partial charge in [-0.05, 0) is 127 Å². The number of carbonyl (C=O) groups excluding carboxylic acids is 4. The molecule has 4 fully saturated rings. The topological polar surface area (TPSA) is 131 Å². The van der Waals surface area contributed by atoms with Crippen LogP contribution < -0.4 is 5.32 Å². The van der Waals surface area contributed by atoms with Crippen molar-refractivity contribution in [2.45, 2.75) is 175 Å². The predicted octanol–water partition coefficient (Wildman–Crippen LogP) is 8.47. The summed E-state index contributed by atoms with van der Waals surface area (Å²) in [5, 5.41) is 13.8. The van der Waals surface area contributed by atoms with Crippen molar-refractivity contribution >= 4 is 23.7 Å². The maximum atomic E-state index is 13.0. The van der Waals surface area contributed by atoms with Crippen molar-refractivity contribution in [3.63, 3.8) is 0 Å². The number of carbonyl (C=O) groups is 4. The molecule has 0 aromatic rings. The van der Waals surface area contributed by atoms with Crippen LogP contribution in [0.15, 0.2) is 35.5 Å². The highest BCUT2D eigenvalue weighted by atomic mass is 16.7. The first-order valence-electron chi connectivity index (χ1n) is 21.1. The van der Waals surface area contributed by atoms with Gasteiger partial charge in [0.25, 0.3) is 11.8 Å². The lowest BCUT2D eigenvalue weighted by Gasteiger charge is -2.44.